The number of rotatable bonds is 5. The van der Waals surface area contributed by atoms with Crippen LogP contribution in [0.15, 0.2) is 12.7 Å². The Balaban J connectivity index is 1.75. The van der Waals surface area contributed by atoms with Crippen LogP contribution < -0.4 is 0 Å². The van der Waals surface area contributed by atoms with Crippen molar-refractivity contribution in [2.24, 2.45) is 22.2 Å². The fourth-order valence-corrected chi connectivity index (χ4v) is 6.82. The van der Waals surface area contributed by atoms with Crippen LogP contribution in [0.1, 0.15) is 71.6 Å². The molecule has 4 fully saturated rings. The van der Waals surface area contributed by atoms with Gasteiger partial charge in [-0.25, -0.2) is 0 Å². The van der Waals surface area contributed by atoms with Crippen molar-refractivity contribution < 1.29 is 5.11 Å². The smallest absolute Gasteiger partial charge is 0.0548 e. The third-order valence-corrected chi connectivity index (χ3v) is 6.11. The van der Waals surface area contributed by atoms with E-state index in [4.69, 9.17) is 0 Å². The number of aliphatic hydroxyl groups is 1. The van der Waals surface area contributed by atoms with E-state index in [1.807, 2.05) is 6.08 Å². The minimum atomic E-state index is -0.110. The molecule has 1 N–H and O–H groups in total. The first-order valence-corrected chi connectivity index (χ1v) is 8.15. The van der Waals surface area contributed by atoms with Gasteiger partial charge in [0.25, 0.3) is 0 Å². The Morgan fingerprint density at radius 3 is 2.32 bits per heavy atom. The monoisotopic (exact) mass is 262 g/mol. The number of aliphatic hydroxyl groups excluding tert-OH is 1. The summed E-state index contributed by atoms with van der Waals surface area (Å²) in [7, 11) is 0. The molecule has 4 aliphatic rings. The predicted octanol–water partition coefficient (Wildman–Crippen LogP) is 4.70. The summed E-state index contributed by atoms with van der Waals surface area (Å²) < 4.78 is 0. The average Bonchev–Trinajstić information content (AvgIpc) is 2.20. The van der Waals surface area contributed by atoms with E-state index in [-0.39, 0.29) is 6.10 Å². The van der Waals surface area contributed by atoms with Crippen LogP contribution in [0, 0.1) is 22.2 Å². The summed E-state index contributed by atoms with van der Waals surface area (Å²) in [5, 5.41) is 10.4. The van der Waals surface area contributed by atoms with Gasteiger partial charge in [-0.15, -0.1) is 6.58 Å². The van der Waals surface area contributed by atoms with Crippen molar-refractivity contribution in [2.45, 2.75) is 77.7 Å². The van der Waals surface area contributed by atoms with Gasteiger partial charge in [0.2, 0.25) is 0 Å². The highest BCUT2D eigenvalue weighted by Gasteiger charge is 2.59. The molecule has 19 heavy (non-hydrogen) atoms. The van der Waals surface area contributed by atoms with Gasteiger partial charge in [0, 0.05) is 0 Å². The highest BCUT2D eigenvalue weighted by Crippen LogP contribution is 2.70. The lowest BCUT2D eigenvalue weighted by molar-refractivity contribution is -0.156. The summed E-state index contributed by atoms with van der Waals surface area (Å²) in [5.41, 5.74) is 1.61. The van der Waals surface area contributed by atoms with Crippen LogP contribution in [0.5, 0.6) is 0 Å². The van der Waals surface area contributed by atoms with E-state index in [2.05, 4.69) is 20.4 Å². The largest absolute Gasteiger partial charge is 0.393 e. The first-order valence-electron chi connectivity index (χ1n) is 8.15. The van der Waals surface area contributed by atoms with Crippen molar-refractivity contribution in [3.8, 4) is 0 Å². The van der Waals surface area contributed by atoms with Crippen molar-refractivity contribution >= 4 is 0 Å². The highest BCUT2D eigenvalue weighted by molar-refractivity contribution is 5.10. The Kier molecular flexibility index (Phi) is 3.13. The molecule has 0 heterocycles. The molecule has 0 aromatic carbocycles. The molecule has 0 radical (unpaired) electrons. The van der Waals surface area contributed by atoms with E-state index in [0.717, 1.165) is 25.2 Å². The van der Waals surface area contributed by atoms with E-state index in [1.54, 1.807) is 0 Å². The Morgan fingerprint density at radius 2 is 1.79 bits per heavy atom. The normalized spacial score (nSPS) is 49.3. The van der Waals surface area contributed by atoms with Gasteiger partial charge in [0.05, 0.1) is 6.10 Å². The maximum Gasteiger partial charge on any atom is 0.0548 e. The fourth-order valence-electron chi connectivity index (χ4n) is 6.82. The van der Waals surface area contributed by atoms with E-state index in [0.29, 0.717) is 16.2 Å². The average molecular weight is 262 g/mol. The molecule has 4 bridgehead atoms. The maximum absolute atomic E-state index is 10.4. The van der Waals surface area contributed by atoms with Crippen molar-refractivity contribution in [1.29, 1.82) is 0 Å². The standard InChI is InChI=1S/C18H30O/c1-4-5-6-15(19)10-18-9-14-7-16(2,12-18)11-17(3,8-14)13-18/h4,14-15,19H,1,5-13H2,2-3H3. The summed E-state index contributed by atoms with van der Waals surface area (Å²) >= 11 is 0. The summed E-state index contributed by atoms with van der Waals surface area (Å²) in [6.07, 6.45) is 13.2. The molecule has 0 saturated heterocycles. The summed E-state index contributed by atoms with van der Waals surface area (Å²) in [6.45, 7) is 8.80. The SMILES string of the molecule is C=CCCC(O)CC12CC3CC(C)(CC(C)(C3)C1)C2. The van der Waals surface area contributed by atoms with Gasteiger partial charge in [0.1, 0.15) is 0 Å². The first kappa shape index (κ1) is 13.7. The summed E-state index contributed by atoms with van der Waals surface area (Å²) in [6, 6.07) is 0. The lowest BCUT2D eigenvalue weighted by Gasteiger charge is -2.66. The van der Waals surface area contributed by atoms with Gasteiger partial charge >= 0.3 is 0 Å². The molecular formula is C18H30O. The zero-order valence-electron chi connectivity index (χ0n) is 12.8. The molecular weight excluding hydrogens is 232 g/mol. The molecule has 1 nitrogen and oxygen atoms in total. The predicted molar refractivity (Wildman–Crippen MR) is 79.9 cm³/mol. The summed E-state index contributed by atoms with van der Waals surface area (Å²) in [4.78, 5) is 0. The van der Waals surface area contributed by atoms with Crippen LogP contribution in [-0.2, 0) is 0 Å². The van der Waals surface area contributed by atoms with Crippen LogP contribution in [0.2, 0.25) is 0 Å². The molecule has 0 spiro atoms. The van der Waals surface area contributed by atoms with E-state index in [1.165, 1.54) is 38.5 Å². The third kappa shape index (κ3) is 2.51. The van der Waals surface area contributed by atoms with Crippen molar-refractivity contribution in [2.75, 3.05) is 0 Å². The number of hydrogen-bond donors (Lipinski definition) is 1. The zero-order valence-corrected chi connectivity index (χ0v) is 12.8. The van der Waals surface area contributed by atoms with Crippen LogP contribution in [-0.4, -0.2) is 11.2 Å². The third-order valence-electron chi connectivity index (χ3n) is 6.11. The van der Waals surface area contributed by atoms with E-state index >= 15 is 0 Å². The fraction of sp³-hybridized carbons (Fsp3) is 0.889. The quantitative estimate of drug-likeness (QED) is 0.712. The van der Waals surface area contributed by atoms with E-state index in [9.17, 15) is 5.11 Å². The second-order valence-corrected chi connectivity index (χ2v) is 8.85. The second-order valence-electron chi connectivity index (χ2n) is 8.85. The Morgan fingerprint density at radius 1 is 1.16 bits per heavy atom. The molecule has 0 amide bonds. The van der Waals surface area contributed by atoms with Crippen molar-refractivity contribution in [1.82, 2.24) is 0 Å². The number of hydrogen-bond acceptors (Lipinski definition) is 1. The van der Waals surface area contributed by atoms with E-state index < -0.39 is 0 Å². The molecule has 4 aliphatic carbocycles. The molecule has 0 aromatic rings. The first-order chi connectivity index (χ1) is 8.86. The lowest BCUT2D eigenvalue weighted by atomic mass is 9.39. The Hall–Kier alpha value is -0.300. The van der Waals surface area contributed by atoms with Gasteiger partial charge in [-0.1, -0.05) is 19.9 Å². The van der Waals surface area contributed by atoms with Gasteiger partial charge < -0.3 is 5.11 Å². The molecule has 3 atom stereocenters. The molecule has 0 aromatic heterocycles. The minimum absolute atomic E-state index is 0.110. The molecule has 0 aliphatic heterocycles. The van der Waals surface area contributed by atoms with Crippen LogP contribution in [0.4, 0.5) is 0 Å². The van der Waals surface area contributed by atoms with Crippen LogP contribution in [0.25, 0.3) is 0 Å². The summed E-state index contributed by atoms with van der Waals surface area (Å²) in [5.74, 6) is 0.942. The molecule has 108 valence electrons. The van der Waals surface area contributed by atoms with Gasteiger partial charge in [-0.2, -0.15) is 0 Å². The van der Waals surface area contributed by atoms with Crippen LogP contribution in [0.3, 0.4) is 0 Å². The molecule has 1 heteroatoms. The van der Waals surface area contributed by atoms with Gasteiger partial charge in [-0.05, 0) is 80.0 Å². The van der Waals surface area contributed by atoms with Crippen molar-refractivity contribution in [3.05, 3.63) is 12.7 Å². The number of allylic oxidation sites excluding steroid dienone is 1. The molecule has 3 unspecified atom stereocenters. The maximum atomic E-state index is 10.4. The second kappa shape index (κ2) is 4.35. The molecule has 4 rings (SSSR count). The van der Waals surface area contributed by atoms with Gasteiger partial charge in [0.15, 0.2) is 0 Å². The lowest BCUT2D eigenvalue weighted by Crippen LogP contribution is -2.55. The molecule has 4 saturated carbocycles. The Labute approximate surface area is 118 Å². The minimum Gasteiger partial charge on any atom is -0.393 e. The zero-order chi connectivity index (χ0) is 13.7. The van der Waals surface area contributed by atoms with Crippen LogP contribution >= 0.6 is 0 Å². The topological polar surface area (TPSA) is 20.2 Å². The Bertz CT molecular complexity index is 354. The highest BCUT2D eigenvalue weighted by atomic mass is 16.3. The van der Waals surface area contributed by atoms with Gasteiger partial charge in [-0.3, -0.25) is 0 Å². The van der Waals surface area contributed by atoms with Crippen molar-refractivity contribution in [3.63, 3.8) is 0 Å².